The second-order valence-corrected chi connectivity index (χ2v) is 9.96. The molecule has 2 N–H and O–H groups in total. The molecule has 1 aromatic carbocycles. The first kappa shape index (κ1) is 30.5. The number of carbonyl (C=O) groups excluding carboxylic acids is 1. The van der Waals surface area contributed by atoms with Crippen molar-refractivity contribution in [3.8, 4) is 12.3 Å². The summed E-state index contributed by atoms with van der Waals surface area (Å²) in [5.74, 6) is 0.385. The molecule has 222 valence electrons. The molecule has 12 nitrogen and oxygen atoms in total. The maximum Gasteiger partial charge on any atom is 0.419 e. The number of imidazole rings is 1. The van der Waals surface area contributed by atoms with E-state index in [0.29, 0.717) is 35.3 Å². The predicted octanol–water partition coefficient (Wildman–Crippen LogP) is 4.32. The number of pyridine rings is 1. The second kappa shape index (κ2) is 11.8. The van der Waals surface area contributed by atoms with Gasteiger partial charge in [0, 0.05) is 24.2 Å². The summed E-state index contributed by atoms with van der Waals surface area (Å²) in [5, 5.41) is 17.1. The van der Waals surface area contributed by atoms with E-state index < -0.39 is 28.4 Å². The third-order valence-electron chi connectivity index (χ3n) is 6.25. The van der Waals surface area contributed by atoms with Crippen molar-refractivity contribution in [3.05, 3.63) is 82.0 Å². The first-order chi connectivity index (χ1) is 20.2. The lowest BCUT2D eigenvalue weighted by molar-refractivity contribution is -0.898. The Bertz CT molecular complexity index is 1790. The summed E-state index contributed by atoms with van der Waals surface area (Å²) >= 11 is 0. The Balaban J connectivity index is 1.47. The van der Waals surface area contributed by atoms with E-state index in [1.165, 1.54) is 29.2 Å². The number of nitrogens with one attached hydrogen (secondary N) is 2. The van der Waals surface area contributed by atoms with Crippen LogP contribution in [0.1, 0.15) is 17.1 Å². The zero-order valence-corrected chi connectivity index (χ0v) is 23.0. The van der Waals surface area contributed by atoms with Crippen LogP contribution in [-0.2, 0) is 24.6 Å². The highest BCUT2D eigenvalue weighted by Crippen LogP contribution is 2.34. The highest BCUT2D eigenvalue weighted by atomic mass is 19.4. The van der Waals surface area contributed by atoms with Gasteiger partial charge in [-0.1, -0.05) is 0 Å². The number of fused-ring (bicyclic) bond motifs is 1. The molecule has 0 bridgehead atoms. The molecule has 3 heterocycles. The van der Waals surface area contributed by atoms with Gasteiger partial charge in [0.1, 0.15) is 30.3 Å². The van der Waals surface area contributed by atoms with Gasteiger partial charge in [-0.25, -0.2) is 19.3 Å². The van der Waals surface area contributed by atoms with Crippen molar-refractivity contribution >= 4 is 40.0 Å². The molecule has 0 aliphatic rings. The Morgan fingerprint density at radius 2 is 1.98 bits per heavy atom. The highest BCUT2D eigenvalue weighted by Gasteiger charge is 2.34. The van der Waals surface area contributed by atoms with Gasteiger partial charge in [-0.3, -0.25) is 9.36 Å². The van der Waals surface area contributed by atoms with Crippen LogP contribution in [0.3, 0.4) is 0 Å². The molecule has 0 unspecified atom stereocenters. The number of anilines is 3. The minimum atomic E-state index is -4.89. The average molecular weight is 599 g/mol. The topological polar surface area (TPSA) is 141 Å². The Labute approximate surface area is 241 Å². The smallest absolute Gasteiger partial charge is 0.358 e. The van der Waals surface area contributed by atoms with Crippen LogP contribution in [0.5, 0.6) is 0 Å². The van der Waals surface area contributed by atoms with E-state index in [2.05, 4.69) is 36.5 Å². The van der Waals surface area contributed by atoms with Gasteiger partial charge in [-0.15, -0.1) is 6.42 Å². The summed E-state index contributed by atoms with van der Waals surface area (Å²) in [6.45, 7) is 0.514. The number of hydrogen-bond donors (Lipinski definition) is 2. The fourth-order valence-electron chi connectivity index (χ4n) is 4.14. The quantitative estimate of drug-likeness (QED) is 0.0725. The number of aromatic nitrogens is 5. The van der Waals surface area contributed by atoms with Gasteiger partial charge in [-0.2, -0.15) is 13.2 Å². The van der Waals surface area contributed by atoms with Crippen LogP contribution in [-0.4, -0.2) is 60.5 Å². The Kier molecular flexibility index (Phi) is 8.39. The number of alkyl halides is 3. The predicted molar refractivity (Wildman–Crippen MR) is 148 cm³/mol. The van der Waals surface area contributed by atoms with Crippen LogP contribution in [0.15, 0.2) is 48.9 Å². The number of terminal acetylenes is 1. The number of benzene rings is 1. The van der Waals surface area contributed by atoms with Gasteiger partial charge in [0.2, 0.25) is 5.91 Å². The maximum atomic E-state index is 13.7. The van der Waals surface area contributed by atoms with E-state index in [0.717, 1.165) is 6.07 Å². The zero-order valence-electron chi connectivity index (χ0n) is 23.0. The fourth-order valence-corrected chi connectivity index (χ4v) is 4.14. The number of amides is 1. The van der Waals surface area contributed by atoms with E-state index in [-0.39, 0.29) is 40.0 Å². The van der Waals surface area contributed by atoms with Crippen LogP contribution in [0.25, 0.3) is 10.9 Å². The third-order valence-corrected chi connectivity index (χ3v) is 6.25. The van der Waals surface area contributed by atoms with Crippen molar-refractivity contribution in [2.45, 2.75) is 12.7 Å². The first-order valence-electron chi connectivity index (χ1n) is 12.4. The van der Waals surface area contributed by atoms with E-state index in [1.54, 1.807) is 13.1 Å². The lowest BCUT2D eigenvalue weighted by atomic mass is 10.1. The number of nitrogens with zero attached hydrogens (tertiary/aromatic N) is 7. The number of quaternary nitrogens is 1. The summed E-state index contributed by atoms with van der Waals surface area (Å²) in [7, 11) is 5.22. The molecule has 0 atom stereocenters. The van der Waals surface area contributed by atoms with Crippen molar-refractivity contribution in [2.75, 3.05) is 31.3 Å². The zero-order chi connectivity index (χ0) is 31.5. The second-order valence-electron chi connectivity index (χ2n) is 9.96. The number of halogens is 4. The van der Waals surface area contributed by atoms with Crippen LogP contribution in [0, 0.1) is 28.3 Å². The molecule has 3 aromatic heterocycles. The van der Waals surface area contributed by atoms with Crippen LogP contribution >= 0.6 is 0 Å². The molecule has 1 amide bonds. The van der Waals surface area contributed by atoms with Gasteiger partial charge in [0.05, 0.1) is 37.9 Å². The molecule has 16 heteroatoms. The van der Waals surface area contributed by atoms with Gasteiger partial charge in [0.15, 0.2) is 5.69 Å². The van der Waals surface area contributed by atoms with Crippen molar-refractivity contribution < 1.29 is 31.8 Å². The Morgan fingerprint density at radius 3 is 2.65 bits per heavy atom. The number of likely N-dealkylation sites (N-methyl/N-ethyl adjacent to an activating group) is 1. The Morgan fingerprint density at radius 1 is 1.23 bits per heavy atom. The van der Waals surface area contributed by atoms with Gasteiger partial charge in [0.25, 0.3) is 5.82 Å². The molecular formula is C27H24F4N9O3+. The summed E-state index contributed by atoms with van der Waals surface area (Å²) in [6.07, 6.45) is 5.88. The van der Waals surface area contributed by atoms with E-state index in [1.807, 2.05) is 14.1 Å². The highest BCUT2D eigenvalue weighted by molar-refractivity contribution is 6.00. The SMILES string of the molecule is C#Cc1nc([N+](=O)[O-])c(C[N+](C)(C)CC=CC(=O)Nc2cc3c(Nc4ccc(F)c(C(F)(F)F)c4)ncnc3cn2)n1C. The molecule has 4 rings (SSSR count). The van der Waals surface area contributed by atoms with Gasteiger partial charge in [-0.05, 0) is 46.2 Å². The van der Waals surface area contributed by atoms with Crippen molar-refractivity contribution in [3.63, 3.8) is 0 Å². The van der Waals surface area contributed by atoms with E-state index in [9.17, 15) is 32.5 Å². The summed E-state index contributed by atoms with van der Waals surface area (Å²) in [5.41, 5.74) is -0.828. The minimum absolute atomic E-state index is 0.0632. The van der Waals surface area contributed by atoms with Crippen molar-refractivity contribution in [1.82, 2.24) is 24.5 Å². The lowest BCUT2D eigenvalue weighted by Gasteiger charge is -2.28. The molecule has 43 heavy (non-hydrogen) atoms. The standard InChI is InChI=1S/C27H23F4N9O3/c1-5-23-37-26(39(42)43)21(38(23)2)14-40(3,4)10-6-7-24(41)36-22-12-17-20(13-32-22)33-15-34-25(17)35-16-8-9-19(28)18(11-16)27(29,30)31/h1,6-9,11-13,15H,10,14H2,2-4H3,(H-,32,33,34,35,36,41)/p+1. The van der Waals surface area contributed by atoms with Crippen LogP contribution < -0.4 is 10.6 Å². The van der Waals surface area contributed by atoms with E-state index >= 15 is 0 Å². The van der Waals surface area contributed by atoms with E-state index in [4.69, 9.17) is 6.42 Å². The number of rotatable bonds is 9. The van der Waals surface area contributed by atoms with Gasteiger partial charge < -0.3 is 25.2 Å². The lowest BCUT2D eigenvalue weighted by Crippen LogP contribution is -2.39. The first-order valence-corrected chi connectivity index (χ1v) is 12.4. The normalized spacial score (nSPS) is 12.0. The van der Waals surface area contributed by atoms with Crippen molar-refractivity contribution in [1.29, 1.82) is 0 Å². The maximum absolute atomic E-state index is 13.7. The molecule has 0 aliphatic heterocycles. The van der Waals surface area contributed by atoms with Crippen LogP contribution in [0.4, 0.5) is 40.7 Å². The van der Waals surface area contributed by atoms with Gasteiger partial charge >= 0.3 is 12.0 Å². The Hall–Kier alpha value is -5.43. The third kappa shape index (κ3) is 7.08. The number of nitro groups is 1. The molecule has 0 saturated heterocycles. The molecule has 0 fully saturated rings. The summed E-state index contributed by atoms with van der Waals surface area (Å²) < 4.78 is 54.8. The molecular weight excluding hydrogens is 574 g/mol. The van der Waals surface area contributed by atoms with Crippen molar-refractivity contribution in [2.24, 2.45) is 7.05 Å². The summed E-state index contributed by atoms with van der Waals surface area (Å²) in [4.78, 5) is 39.6. The molecule has 4 aromatic rings. The summed E-state index contributed by atoms with van der Waals surface area (Å²) in [6, 6.07) is 3.88. The largest absolute Gasteiger partial charge is 0.419 e. The molecule has 0 spiro atoms. The molecule has 0 saturated carbocycles. The number of carbonyl (C=O) groups is 1. The average Bonchev–Trinajstić information content (AvgIpc) is 3.23. The molecule has 0 aliphatic carbocycles. The fraction of sp³-hybridized carbons (Fsp3) is 0.222. The number of hydrogen-bond acceptors (Lipinski definition) is 8. The molecule has 0 radical (unpaired) electrons. The van der Waals surface area contributed by atoms with Crippen LogP contribution in [0.2, 0.25) is 0 Å². The monoisotopic (exact) mass is 598 g/mol. The minimum Gasteiger partial charge on any atom is -0.358 e.